The molecule has 0 bridgehead atoms. The van der Waals surface area contributed by atoms with Crippen molar-refractivity contribution in [1.82, 2.24) is 9.62 Å². The molecule has 34 heavy (non-hydrogen) atoms. The molecule has 1 heterocycles. The number of piperazine rings is 1. The fourth-order valence-electron chi connectivity index (χ4n) is 4.86. The van der Waals surface area contributed by atoms with Gasteiger partial charge in [0.2, 0.25) is 21.8 Å². The number of hydrogen-bond acceptors (Lipinski definition) is 4. The Morgan fingerprint density at radius 2 is 1.71 bits per heavy atom. The largest absolute Gasteiger partial charge is 0.351 e. The molecule has 2 aliphatic rings. The van der Waals surface area contributed by atoms with Gasteiger partial charge in [0, 0.05) is 18.3 Å². The molecule has 9 heteroatoms. The maximum Gasteiger partial charge on any atom is 0.247 e. The van der Waals surface area contributed by atoms with Crippen molar-refractivity contribution in [3.63, 3.8) is 0 Å². The average molecular weight is 488 g/mol. The zero-order chi connectivity index (χ0) is 24.3. The molecule has 1 saturated carbocycles. The highest BCUT2D eigenvalue weighted by Gasteiger charge is 2.51. The molecule has 1 aliphatic carbocycles. The van der Waals surface area contributed by atoms with E-state index in [1.165, 1.54) is 35.2 Å². The van der Waals surface area contributed by atoms with Crippen molar-refractivity contribution in [1.29, 1.82) is 0 Å². The molecule has 182 valence electrons. The summed E-state index contributed by atoms with van der Waals surface area (Å²) >= 11 is 0. The van der Waals surface area contributed by atoms with E-state index in [-0.39, 0.29) is 23.2 Å². The van der Waals surface area contributed by atoms with Gasteiger partial charge >= 0.3 is 0 Å². The molecular weight excluding hydrogens is 457 g/mol. The monoisotopic (exact) mass is 487 g/mol. The maximum atomic E-state index is 14.1. The highest BCUT2D eigenvalue weighted by atomic mass is 32.2. The molecule has 1 N–H and O–H groups in total. The van der Waals surface area contributed by atoms with Crippen LogP contribution in [0.25, 0.3) is 0 Å². The molecular formula is C25H30FN3O4S. The van der Waals surface area contributed by atoms with Crippen LogP contribution < -0.4 is 10.2 Å². The lowest BCUT2D eigenvalue weighted by molar-refractivity contribution is -0.133. The summed E-state index contributed by atoms with van der Waals surface area (Å²) in [7, 11) is -4.02. The molecule has 4 rings (SSSR count). The molecule has 2 fully saturated rings. The Hall–Kier alpha value is -2.78. The number of benzene rings is 2. The highest BCUT2D eigenvalue weighted by molar-refractivity contribution is 7.89. The van der Waals surface area contributed by atoms with Gasteiger partial charge < -0.3 is 5.32 Å². The van der Waals surface area contributed by atoms with Gasteiger partial charge in [-0.1, -0.05) is 49.9 Å². The lowest BCUT2D eigenvalue weighted by Crippen LogP contribution is -2.70. The Labute approximate surface area is 200 Å². The van der Waals surface area contributed by atoms with Crippen molar-refractivity contribution in [2.45, 2.75) is 61.9 Å². The summed E-state index contributed by atoms with van der Waals surface area (Å²) in [4.78, 5) is 28.4. The van der Waals surface area contributed by atoms with Gasteiger partial charge in [-0.25, -0.2) is 12.8 Å². The molecule has 2 aromatic rings. The number of nitrogens with one attached hydrogen (secondary N) is 1. The Kier molecular flexibility index (Phi) is 7.04. The highest BCUT2D eigenvalue weighted by Crippen LogP contribution is 2.33. The molecule has 7 nitrogen and oxygen atoms in total. The minimum atomic E-state index is -4.02. The number of amides is 2. The Balaban J connectivity index is 1.71. The average Bonchev–Trinajstić information content (AvgIpc) is 3.08. The topological polar surface area (TPSA) is 86.8 Å². The van der Waals surface area contributed by atoms with Crippen molar-refractivity contribution in [2.75, 3.05) is 18.0 Å². The third kappa shape index (κ3) is 4.86. The quantitative estimate of drug-likeness (QED) is 0.655. The molecule has 2 aromatic carbocycles. The molecule has 0 unspecified atom stereocenters. The van der Waals surface area contributed by atoms with Crippen LogP contribution in [0.4, 0.5) is 10.1 Å². The third-order valence-corrected chi connectivity index (χ3v) is 8.47. The number of hydrogen-bond donors (Lipinski definition) is 1. The van der Waals surface area contributed by atoms with Gasteiger partial charge in [-0.05, 0) is 50.1 Å². The number of carbonyl (C=O) groups excluding carboxylic acids is 2. The second-order valence-corrected chi connectivity index (χ2v) is 11.2. The van der Waals surface area contributed by atoms with E-state index in [4.69, 9.17) is 0 Å². The standard InChI is InChI=1S/C25H30FN3O4S/c1-25(24(31)27-20-11-5-2-3-6-12-20)18-28(34(32,33)22-14-7-4-8-15-22)17-23(30)29(25)21-13-9-10-19(26)16-21/h4,7-10,13-16,20H,2-3,5-6,11-12,17-18H2,1H3,(H,27,31)/t25-/m0/s1. The van der Waals surface area contributed by atoms with Crippen LogP contribution >= 0.6 is 0 Å². The van der Waals surface area contributed by atoms with E-state index >= 15 is 0 Å². The second kappa shape index (κ2) is 9.84. The van der Waals surface area contributed by atoms with Gasteiger partial charge in [0.05, 0.1) is 11.4 Å². The fraction of sp³-hybridized carbons (Fsp3) is 0.440. The van der Waals surface area contributed by atoms with Crippen LogP contribution in [0.2, 0.25) is 0 Å². The summed E-state index contributed by atoms with van der Waals surface area (Å²) in [5, 5.41) is 3.07. The first-order chi connectivity index (χ1) is 16.2. The molecule has 1 saturated heterocycles. The smallest absolute Gasteiger partial charge is 0.247 e. The van der Waals surface area contributed by atoms with Crippen LogP contribution in [0.1, 0.15) is 45.4 Å². The summed E-state index contributed by atoms with van der Waals surface area (Å²) in [6.45, 7) is 0.861. The molecule has 0 spiro atoms. The van der Waals surface area contributed by atoms with E-state index < -0.39 is 39.7 Å². The third-order valence-electron chi connectivity index (χ3n) is 6.67. The van der Waals surface area contributed by atoms with Gasteiger partial charge in [-0.15, -0.1) is 0 Å². The van der Waals surface area contributed by atoms with Gasteiger partial charge in [0.25, 0.3) is 0 Å². The lowest BCUT2D eigenvalue weighted by Gasteiger charge is -2.47. The van der Waals surface area contributed by atoms with Crippen molar-refractivity contribution in [2.24, 2.45) is 0 Å². The number of halogens is 1. The van der Waals surface area contributed by atoms with Crippen molar-refractivity contribution >= 4 is 27.5 Å². The zero-order valence-corrected chi connectivity index (χ0v) is 20.1. The minimum absolute atomic E-state index is 0.0441. The van der Waals surface area contributed by atoms with Gasteiger partial charge in [0.15, 0.2) is 0 Å². The molecule has 1 atom stereocenters. The number of nitrogens with zero attached hydrogens (tertiary/aromatic N) is 2. The van der Waals surface area contributed by atoms with E-state index in [2.05, 4.69) is 5.32 Å². The number of anilines is 1. The second-order valence-electron chi connectivity index (χ2n) is 9.23. The summed E-state index contributed by atoms with van der Waals surface area (Å²) in [5.41, 5.74) is -1.34. The molecule has 0 radical (unpaired) electrons. The van der Waals surface area contributed by atoms with Gasteiger partial charge in [0.1, 0.15) is 11.4 Å². The maximum absolute atomic E-state index is 14.1. The lowest BCUT2D eigenvalue weighted by atomic mass is 9.93. The zero-order valence-electron chi connectivity index (χ0n) is 19.2. The van der Waals surface area contributed by atoms with Crippen molar-refractivity contribution < 1.29 is 22.4 Å². The van der Waals surface area contributed by atoms with Crippen LogP contribution in [0, 0.1) is 5.82 Å². The Morgan fingerprint density at radius 3 is 2.35 bits per heavy atom. The summed E-state index contributed by atoms with van der Waals surface area (Å²) in [6, 6.07) is 13.3. The number of rotatable bonds is 5. The van der Waals surface area contributed by atoms with E-state index in [0.29, 0.717) is 0 Å². The van der Waals surface area contributed by atoms with E-state index in [9.17, 15) is 22.4 Å². The molecule has 1 aliphatic heterocycles. The first-order valence-electron chi connectivity index (χ1n) is 11.7. The Morgan fingerprint density at radius 1 is 1.03 bits per heavy atom. The van der Waals surface area contributed by atoms with Crippen LogP contribution in [-0.2, 0) is 19.6 Å². The predicted octanol–water partition coefficient (Wildman–Crippen LogP) is 3.46. The van der Waals surface area contributed by atoms with E-state index in [1.807, 2.05) is 0 Å². The minimum Gasteiger partial charge on any atom is -0.351 e. The van der Waals surface area contributed by atoms with Gasteiger partial charge in [-0.2, -0.15) is 4.31 Å². The first-order valence-corrected chi connectivity index (χ1v) is 13.1. The fourth-order valence-corrected chi connectivity index (χ4v) is 6.36. The van der Waals surface area contributed by atoms with Crippen LogP contribution in [0.15, 0.2) is 59.5 Å². The van der Waals surface area contributed by atoms with Crippen molar-refractivity contribution in [3.05, 3.63) is 60.4 Å². The summed E-state index contributed by atoms with van der Waals surface area (Å²) < 4.78 is 41.8. The summed E-state index contributed by atoms with van der Waals surface area (Å²) in [5.74, 6) is -1.57. The Bertz CT molecular complexity index is 1150. The number of carbonyl (C=O) groups is 2. The van der Waals surface area contributed by atoms with Gasteiger partial charge in [-0.3, -0.25) is 14.5 Å². The summed E-state index contributed by atoms with van der Waals surface area (Å²) in [6.07, 6.45) is 5.90. The molecule has 2 amide bonds. The van der Waals surface area contributed by atoms with Crippen LogP contribution in [-0.4, -0.2) is 49.2 Å². The van der Waals surface area contributed by atoms with Crippen LogP contribution in [0.5, 0.6) is 0 Å². The van der Waals surface area contributed by atoms with Crippen molar-refractivity contribution in [3.8, 4) is 0 Å². The van der Waals surface area contributed by atoms with E-state index in [0.717, 1.165) is 42.8 Å². The first kappa shape index (κ1) is 24.3. The normalized spacial score (nSPS) is 22.9. The van der Waals surface area contributed by atoms with E-state index in [1.54, 1.807) is 31.2 Å². The molecule has 0 aromatic heterocycles. The predicted molar refractivity (Wildman–Crippen MR) is 127 cm³/mol. The number of sulfonamides is 1. The van der Waals surface area contributed by atoms with Crippen LogP contribution in [0.3, 0.4) is 0 Å². The SMILES string of the molecule is C[C@@]1(C(=O)NC2CCCCCC2)CN(S(=O)(=O)c2ccccc2)CC(=O)N1c1cccc(F)c1.